The molecule has 1 aromatic heterocycles. The summed E-state index contributed by atoms with van der Waals surface area (Å²) in [5.41, 5.74) is 20.6. The molecule has 1 heterocycles. The SMILES string of the molecule is CCC1c2ccccc2-c2ccc(-c3ccc4c(c3)C(C)(C)c3cc(N(c5ccccc5Sc5ccccc5C)c5cccc6c7ccccc7n(C)c56)c5ccccc5c3-4)cc21. The second kappa shape index (κ2) is 14.4. The van der Waals surface area contributed by atoms with E-state index >= 15 is 0 Å². The highest BCUT2D eigenvalue weighted by Crippen LogP contribution is 2.57. The van der Waals surface area contributed by atoms with Crippen LogP contribution in [0.5, 0.6) is 0 Å². The fraction of sp³-hybridized carbons (Fsp3) is 0.133. The van der Waals surface area contributed by atoms with Gasteiger partial charge in [-0.3, -0.25) is 0 Å². The minimum atomic E-state index is -0.259. The van der Waals surface area contributed by atoms with Gasteiger partial charge in [-0.2, -0.15) is 0 Å². The molecule has 304 valence electrons. The Labute approximate surface area is 374 Å². The quantitative estimate of drug-likeness (QED) is 0.158. The molecular formula is C60H48N2S. The van der Waals surface area contributed by atoms with Crippen molar-refractivity contribution in [2.24, 2.45) is 7.05 Å². The van der Waals surface area contributed by atoms with Crippen LogP contribution >= 0.6 is 11.8 Å². The van der Waals surface area contributed by atoms with Crippen molar-refractivity contribution in [2.45, 2.75) is 55.2 Å². The maximum atomic E-state index is 2.57. The highest BCUT2D eigenvalue weighted by atomic mass is 32.2. The molecule has 0 aliphatic heterocycles. The fourth-order valence-corrected chi connectivity index (χ4v) is 12.2. The van der Waals surface area contributed by atoms with Gasteiger partial charge in [-0.25, -0.2) is 0 Å². The van der Waals surface area contributed by atoms with Crippen LogP contribution in [0.2, 0.25) is 0 Å². The Kier molecular flexibility index (Phi) is 8.65. The van der Waals surface area contributed by atoms with Gasteiger partial charge in [-0.05, 0) is 128 Å². The van der Waals surface area contributed by atoms with Gasteiger partial charge in [-0.15, -0.1) is 0 Å². The number of aromatic nitrogens is 1. The molecule has 1 unspecified atom stereocenters. The van der Waals surface area contributed by atoms with Crippen LogP contribution in [0.4, 0.5) is 17.1 Å². The third kappa shape index (κ3) is 5.65. The summed E-state index contributed by atoms with van der Waals surface area (Å²) in [5.74, 6) is 0.430. The van der Waals surface area contributed by atoms with Gasteiger partial charge in [0.25, 0.3) is 0 Å². The van der Waals surface area contributed by atoms with E-state index in [-0.39, 0.29) is 5.41 Å². The van der Waals surface area contributed by atoms with E-state index < -0.39 is 0 Å². The largest absolute Gasteiger partial charge is 0.342 e. The van der Waals surface area contributed by atoms with E-state index in [2.05, 4.69) is 226 Å². The van der Waals surface area contributed by atoms with Crippen LogP contribution in [-0.2, 0) is 12.5 Å². The van der Waals surface area contributed by atoms with E-state index in [1.165, 1.54) is 109 Å². The Balaban J connectivity index is 1.07. The van der Waals surface area contributed by atoms with Gasteiger partial charge in [0.15, 0.2) is 0 Å². The second-order valence-electron chi connectivity index (χ2n) is 18.0. The molecule has 1 atom stereocenters. The molecule has 2 nitrogen and oxygen atoms in total. The second-order valence-corrected chi connectivity index (χ2v) is 19.1. The third-order valence-electron chi connectivity index (χ3n) is 14.3. The predicted molar refractivity (Wildman–Crippen MR) is 268 cm³/mol. The smallest absolute Gasteiger partial charge is 0.0733 e. The molecule has 0 N–H and O–H groups in total. The standard InChI is InChI=1S/C60H48N2S/c1-6-40-41-19-8-9-20-42(41)43-32-30-38(34-49(40)43)39-31-33-48-50(35-39)60(3,4)51-36-55(44-21-10-11-23-46(44)58(48)51)62(53-26-14-16-29-57(53)63-56-28-15-7-18-37(56)2)54-27-17-24-47-45-22-12-13-25-52(45)61(5)59(47)54/h7-36,40H,6H2,1-5H3. The summed E-state index contributed by atoms with van der Waals surface area (Å²) >= 11 is 1.85. The van der Waals surface area contributed by atoms with Crippen molar-refractivity contribution in [1.29, 1.82) is 0 Å². The molecule has 10 aromatic rings. The average molecular weight is 829 g/mol. The van der Waals surface area contributed by atoms with Crippen molar-refractivity contribution in [3.63, 3.8) is 0 Å². The first-order valence-electron chi connectivity index (χ1n) is 22.4. The van der Waals surface area contributed by atoms with Crippen molar-refractivity contribution in [1.82, 2.24) is 4.57 Å². The summed E-state index contributed by atoms with van der Waals surface area (Å²) in [7, 11) is 2.22. The molecule has 0 spiro atoms. The first-order chi connectivity index (χ1) is 30.8. The lowest BCUT2D eigenvalue weighted by molar-refractivity contribution is 0.661. The van der Waals surface area contributed by atoms with Crippen LogP contribution in [0.25, 0.3) is 66.0 Å². The molecular weight excluding hydrogens is 781 g/mol. The van der Waals surface area contributed by atoms with Crippen molar-refractivity contribution < 1.29 is 0 Å². The van der Waals surface area contributed by atoms with Crippen LogP contribution in [0.3, 0.4) is 0 Å². The summed E-state index contributed by atoms with van der Waals surface area (Å²) in [4.78, 5) is 5.04. The number of rotatable bonds is 7. The highest BCUT2D eigenvalue weighted by Gasteiger charge is 2.39. The number of fused-ring (bicyclic) bond motifs is 11. The normalized spacial score (nSPS) is 14.5. The van der Waals surface area contributed by atoms with Gasteiger partial charge in [-0.1, -0.05) is 166 Å². The zero-order valence-electron chi connectivity index (χ0n) is 36.4. The van der Waals surface area contributed by atoms with Gasteiger partial charge in [0, 0.05) is 49.8 Å². The summed E-state index contributed by atoms with van der Waals surface area (Å²) in [5, 5.41) is 5.04. The van der Waals surface area contributed by atoms with Gasteiger partial charge in [0.05, 0.1) is 22.6 Å². The lowest BCUT2D eigenvalue weighted by Gasteiger charge is -2.31. The van der Waals surface area contributed by atoms with E-state index in [0.717, 1.165) is 17.8 Å². The van der Waals surface area contributed by atoms with Crippen LogP contribution in [0, 0.1) is 6.92 Å². The molecule has 12 rings (SSSR count). The maximum Gasteiger partial charge on any atom is 0.0733 e. The van der Waals surface area contributed by atoms with Gasteiger partial charge < -0.3 is 9.47 Å². The topological polar surface area (TPSA) is 8.17 Å². The number of nitrogens with zero attached hydrogens (tertiary/aromatic N) is 2. The Bertz CT molecular complexity index is 3500. The molecule has 2 aliphatic rings. The van der Waals surface area contributed by atoms with E-state index in [1.54, 1.807) is 0 Å². The monoisotopic (exact) mass is 828 g/mol. The van der Waals surface area contributed by atoms with E-state index in [4.69, 9.17) is 0 Å². The van der Waals surface area contributed by atoms with Gasteiger partial charge in [0.1, 0.15) is 0 Å². The minimum absolute atomic E-state index is 0.259. The third-order valence-corrected chi connectivity index (χ3v) is 15.5. The Morgan fingerprint density at radius 1 is 0.524 bits per heavy atom. The van der Waals surface area contributed by atoms with E-state index in [1.807, 2.05) is 11.8 Å². The number of anilines is 3. The molecule has 0 radical (unpaired) electrons. The fourth-order valence-electron chi connectivity index (χ4n) is 11.2. The van der Waals surface area contributed by atoms with Crippen LogP contribution in [0.1, 0.15) is 60.9 Å². The molecule has 0 saturated carbocycles. The number of hydrogen-bond donors (Lipinski definition) is 0. The Hall–Kier alpha value is -6.81. The first kappa shape index (κ1) is 37.9. The zero-order valence-corrected chi connectivity index (χ0v) is 37.2. The van der Waals surface area contributed by atoms with Crippen molar-refractivity contribution in [2.75, 3.05) is 4.90 Å². The summed E-state index contributed by atoms with van der Waals surface area (Å²) < 4.78 is 2.39. The molecule has 0 saturated heterocycles. The molecule has 63 heavy (non-hydrogen) atoms. The predicted octanol–water partition coefficient (Wildman–Crippen LogP) is 16.9. The Morgan fingerprint density at radius 2 is 1.16 bits per heavy atom. The summed E-state index contributed by atoms with van der Waals surface area (Å²) in [6.45, 7) is 9.40. The van der Waals surface area contributed by atoms with E-state index in [0.29, 0.717) is 5.92 Å². The first-order valence-corrected chi connectivity index (χ1v) is 23.2. The average Bonchev–Trinajstić information content (AvgIpc) is 3.89. The van der Waals surface area contributed by atoms with Crippen molar-refractivity contribution >= 4 is 61.4 Å². The molecule has 0 fully saturated rings. The summed E-state index contributed by atoms with van der Waals surface area (Å²) in [6, 6.07) is 68.5. The highest BCUT2D eigenvalue weighted by molar-refractivity contribution is 7.99. The Morgan fingerprint density at radius 3 is 1.98 bits per heavy atom. The molecule has 9 aromatic carbocycles. The van der Waals surface area contributed by atoms with Crippen molar-refractivity contribution in [3.05, 3.63) is 210 Å². The van der Waals surface area contributed by atoms with Gasteiger partial charge in [0.2, 0.25) is 0 Å². The molecule has 0 bridgehead atoms. The number of para-hydroxylation sites is 3. The lowest BCUT2D eigenvalue weighted by Crippen LogP contribution is -2.17. The van der Waals surface area contributed by atoms with Crippen LogP contribution in [0.15, 0.2) is 192 Å². The summed E-state index contributed by atoms with van der Waals surface area (Å²) in [6.07, 6.45) is 1.09. The lowest BCUT2D eigenvalue weighted by atomic mass is 9.80. The molecule has 0 amide bonds. The number of hydrogen-bond acceptors (Lipinski definition) is 2. The van der Waals surface area contributed by atoms with Crippen LogP contribution in [-0.4, -0.2) is 4.57 Å². The zero-order chi connectivity index (χ0) is 42.6. The molecule has 2 aliphatic carbocycles. The van der Waals surface area contributed by atoms with E-state index in [9.17, 15) is 0 Å². The van der Waals surface area contributed by atoms with Crippen molar-refractivity contribution in [3.8, 4) is 33.4 Å². The van der Waals surface area contributed by atoms with Crippen LogP contribution < -0.4 is 4.90 Å². The minimum Gasteiger partial charge on any atom is -0.342 e. The maximum absolute atomic E-state index is 2.57. The number of benzene rings is 9. The number of aryl methyl sites for hydroxylation is 2. The molecule has 3 heteroatoms. The van der Waals surface area contributed by atoms with Gasteiger partial charge >= 0.3 is 0 Å².